The van der Waals surface area contributed by atoms with E-state index < -0.39 is 0 Å². The van der Waals surface area contributed by atoms with Crippen LogP contribution < -0.4 is 0 Å². The number of halogens is 2. The fourth-order valence-electron chi connectivity index (χ4n) is 2.77. The van der Waals surface area contributed by atoms with Crippen molar-refractivity contribution in [2.75, 3.05) is 52.6 Å². The number of rotatable bonds is 2. The maximum absolute atomic E-state index is 12.8. The lowest BCUT2D eigenvalue weighted by molar-refractivity contribution is 0.0279. The molecule has 2 amide bonds. The Bertz CT molecular complexity index is 586. The van der Waals surface area contributed by atoms with Crippen LogP contribution in [0.3, 0.4) is 0 Å². The van der Waals surface area contributed by atoms with Gasteiger partial charge < -0.3 is 19.3 Å². The zero-order valence-corrected chi connectivity index (χ0v) is 14.6. The van der Waals surface area contributed by atoms with Gasteiger partial charge in [-0.15, -0.1) is 0 Å². The van der Waals surface area contributed by atoms with Crippen LogP contribution in [0.4, 0.5) is 0 Å². The van der Waals surface area contributed by atoms with Gasteiger partial charge in [-0.25, -0.2) is 0 Å². The van der Waals surface area contributed by atoms with Gasteiger partial charge in [-0.1, -0.05) is 23.2 Å². The van der Waals surface area contributed by atoms with Crippen LogP contribution in [-0.4, -0.2) is 74.2 Å². The third kappa shape index (κ3) is 3.67. The lowest BCUT2D eigenvalue weighted by atomic mass is 10.0. The first-order chi connectivity index (χ1) is 11.6. The Morgan fingerprint density at radius 2 is 1.08 bits per heavy atom. The average molecular weight is 373 g/mol. The number of nitrogens with zero attached hydrogens (tertiary/aromatic N) is 2. The van der Waals surface area contributed by atoms with Crippen LogP contribution in [0.2, 0.25) is 10.0 Å². The molecule has 6 nitrogen and oxygen atoms in total. The molecule has 130 valence electrons. The molecule has 2 saturated heterocycles. The van der Waals surface area contributed by atoms with Crippen LogP contribution in [0, 0.1) is 0 Å². The van der Waals surface area contributed by atoms with Gasteiger partial charge in [-0.2, -0.15) is 0 Å². The molecule has 24 heavy (non-hydrogen) atoms. The molecule has 0 spiro atoms. The molecule has 0 unspecified atom stereocenters. The van der Waals surface area contributed by atoms with Gasteiger partial charge in [0.05, 0.1) is 47.6 Å². The van der Waals surface area contributed by atoms with Gasteiger partial charge in [0.2, 0.25) is 0 Å². The second kappa shape index (κ2) is 7.70. The van der Waals surface area contributed by atoms with Crippen LogP contribution in [0.15, 0.2) is 12.1 Å². The predicted octanol–water partition coefficient (Wildman–Crippen LogP) is 1.94. The molecule has 2 aliphatic rings. The van der Waals surface area contributed by atoms with E-state index in [-0.39, 0.29) is 33.0 Å². The summed E-state index contributed by atoms with van der Waals surface area (Å²) >= 11 is 12.2. The van der Waals surface area contributed by atoms with Crippen molar-refractivity contribution >= 4 is 35.0 Å². The lowest BCUT2D eigenvalue weighted by Crippen LogP contribution is -2.43. The second-order valence-corrected chi connectivity index (χ2v) is 6.44. The largest absolute Gasteiger partial charge is 0.378 e. The van der Waals surface area contributed by atoms with Crippen LogP contribution >= 0.6 is 23.2 Å². The third-order valence-corrected chi connectivity index (χ3v) is 4.84. The van der Waals surface area contributed by atoms with Crippen molar-refractivity contribution in [2.24, 2.45) is 0 Å². The first kappa shape index (κ1) is 17.5. The summed E-state index contributed by atoms with van der Waals surface area (Å²) in [6.45, 7) is 3.91. The summed E-state index contributed by atoms with van der Waals surface area (Å²) in [6.07, 6.45) is 0. The minimum Gasteiger partial charge on any atom is -0.378 e. The van der Waals surface area contributed by atoms with E-state index in [0.29, 0.717) is 52.6 Å². The van der Waals surface area contributed by atoms with Gasteiger partial charge in [-0.05, 0) is 12.1 Å². The van der Waals surface area contributed by atoms with Crippen molar-refractivity contribution in [3.63, 3.8) is 0 Å². The van der Waals surface area contributed by atoms with E-state index in [1.54, 1.807) is 9.80 Å². The number of carbonyl (C=O) groups excluding carboxylic acids is 2. The molecule has 2 heterocycles. The Balaban J connectivity index is 1.93. The standard InChI is InChI=1S/C16H18Cl2N2O4/c17-13-9-11(15(21)19-1-5-23-6-2-19)12(10-14(13)18)16(22)20-3-7-24-8-4-20/h9-10H,1-8H2. The number of amides is 2. The summed E-state index contributed by atoms with van der Waals surface area (Å²) in [7, 11) is 0. The Hall–Kier alpha value is -1.34. The highest BCUT2D eigenvalue weighted by atomic mass is 35.5. The van der Waals surface area contributed by atoms with Gasteiger partial charge in [-0.3, -0.25) is 9.59 Å². The molecule has 2 fully saturated rings. The second-order valence-electron chi connectivity index (χ2n) is 5.62. The molecule has 0 saturated carbocycles. The van der Waals surface area contributed by atoms with Crippen LogP contribution in [0.25, 0.3) is 0 Å². The fraction of sp³-hybridized carbons (Fsp3) is 0.500. The topological polar surface area (TPSA) is 59.1 Å². The third-order valence-electron chi connectivity index (χ3n) is 4.12. The van der Waals surface area contributed by atoms with E-state index >= 15 is 0 Å². The van der Waals surface area contributed by atoms with Gasteiger partial charge in [0.1, 0.15) is 0 Å². The Kier molecular flexibility index (Phi) is 5.61. The van der Waals surface area contributed by atoms with Gasteiger partial charge in [0, 0.05) is 26.2 Å². The number of ether oxygens (including phenoxy) is 2. The SMILES string of the molecule is O=C(c1cc(Cl)c(Cl)cc1C(=O)N1CCOCC1)N1CCOCC1. The van der Waals surface area contributed by atoms with Crippen molar-refractivity contribution in [1.82, 2.24) is 9.80 Å². The molecule has 0 atom stereocenters. The summed E-state index contributed by atoms with van der Waals surface area (Å²) < 4.78 is 10.5. The zero-order valence-electron chi connectivity index (χ0n) is 13.1. The van der Waals surface area contributed by atoms with E-state index in [1.807, 2.05) is 0 Å². The molecule has 1 aromatic rings. The van der Waals surface area contributed by atoms with Gasteiger partial charge in [0.15, 0.2) is 0 Å². The molecule has 0 radical (unpaired) electrons. The minimum absolute atomic E-state index is 0.228. The van der Waals surface area contributed by atoms with Crippen LogP contribution in [0.1, 0.15) is 20.7 Å². The monoisotopic (exact) mass is 372 g/mol. The molecule has 2 aliphatic heterocycles. The van der Waals surface area contributed by atoms with Crippen molar-refractivity contribution in [3.05, 3.63) is 33.3 Å². The molecule has 0 bridgehead atoms. The zero-order chi connectivity index (χ0) is 17.1. The molecule has 0 aromatic heterocycles. The fourth-order valence-corrected chi connectivity index (χ4v) is 3.10. The number of hydrogen-bond donors (Lipinski definition) is 0. The maximum Gasteiger partial charge on any atom is 0.254 e. The summed E-state index contributed by atoms with van der Waals surface area (Å²) in [4.78, 5) is 29.0. The Morgan fingerprint density at radius 3 is 1.42 bits per heavy atom. The van der Waals surface area contributed by atoms with Crippen molar-refractivity contribution < 1.29 is 19.1 Å². The van der Waals surface area contributed by atoms with Crippen molar-refractivity contribution in [2.45, 2.75) is 0 Å². The molecular weight excluding hydrogens is 355 g/mol. The first-order valence-electron chi connectivity index (χ1n) is 7.81. The van der Waals surface area contributed by atoms with E-state index in [0.717, 1.165) is 0 Å². The lowest BCUT2D eigenvalue weighted by Gasteiger charge is -2.30. The quantitative estimate of drug-likeness (QED) is 0.795. The average Bonchev–Trinajstić information content (AvgIpc) is 2.64. The number of carbonyl (C=O) groups is 2. The van der Waals surface area contributed by atoms with Crippen molar-refractivity contribution in [3.8, 4) is 0 Å². The highest BCUT2D eigenvalue weighted by Crippen LogP contribution is 2.28. The molecule has 8 heteroatoms. The van der Waals surface area contributed by atoms with E-state index in [1.165, 1.54) is 12.1 Å². The number of morpholine rings is 2. The van der Waals surface area contributed by atoms with Crippen molar-refractivity contribution in [1.29, 1.82) is 0 Å². The first-order valence-corrected chi connectivity index (χ1v) is 8.56. The normalized spacial score (nSPS) is 18.6. The Morgan fingerprint density at radius 1 is 0.750 bits per heavy atom. The number of hydrogen-bond acceptors (Lipinski definition) is 4. The molecular formula is C16H18Cl2N2O4. The molecule has 0 aliphatic carbocycles. The van der Waals surface area contributed by atoms with Gasteiger partial charge >= 0.3 is 0 Å². The van der Waals surface area contributed by atoms with E-state index in [4.69, 9.17) is 32.7 Å². The summed E-state index contributed by atoms with van der Waals surface area (Å²) in [5.74, 6) is -0.457. The smallest absolute Gasteiger partial charge is 0.254 e. The van der Waals surface area contributed by atoms with Crippen LogP contribution in [0.5, 0.6) is 0 Å². The highest BCUT2D eigenvalue weighted by molar-refractivity contribution is 6.42. The molecule has 0 N–H and O–H groups in total. The summed E-state index contributed by atoms with van der Waals surface area (Å²) in [5, 5.41) is 0.513. The number of benzene rings is 1. The summed E-state index contributed by atoms with van der Waals surface area (Å²) in [5.41, 5.74) is 0.561. The summed E-state index contributed by atoms with van der Waals surface area (Å²) in [6, 6.07) is 2.96. The Labute approximate surface area is 150 Å². The minimum atomic E-state index is -0.228. The van der Waals surface area contributed by atoms with Gasteiger partial charge in [0.25, 0.3) is 11.8 Å². The molecule has 3 rings (SSSR count). The van der Waals surface area contributed by atoms with E-state index in [9.17, 15) is 9.59 Å². The van der Waals surface area contributed by atoms with E-state index in [2.05, 4.69) is 0 Å². The maximum atomic E-state index is 12.8. The predicted molar refractivity (Wildman–Crippen MR) is 89.9 cm³/mol. The molecule has 1 aromatic carbocycles. The highest BCUT2D eigenvalue weighted by Gasteiger charge is 2.28. The van der Waals surface area contributed by atoms with Crippen LogP contribution in [-0.2, 0) is 9.47 Å².